The summed E-state index contributed by atoms with van der Waals surface area (Å²) >= 11 is -2.17. The zero-order chi connectivity index (χ0) is 12.9. The van der Waals surface area contributed by atoms with Gasteiger partial charge in [0.05, 0.1) is 0 Å². The van der Waals surface area contributed by atoms with Crippen LogP contribution in [-0.2, 0) is 0 Å². The van der Waals surface area contributed by atoms with Crippen LogP contribution in [-0.4, -0.2) is 0 Å². The van der Waals surface area contributed by atoms with Crippen LogP contribution in [0.5, 0.6) is 0 Å². The zero-order valence-electron chi connectivity index (χ0n) is 10.7. The van der Waals surface area contributed by atoms with Crippen LogP contribution < -0.4 is 3.64 Å². The van der Waals surface area contributed by atoms with Crippen molar-refractivity contribution in [1.29, 1.82) is 0 Å². The summed E-state index contributed by atoms with van der Waals surface area (Å²) in [6.07, 6.45) is 0. The molecule has 0 amide bonds. The minimum atomic E-state index is -2.17. The van der Waals surface area contributed by atoms with Gasteiger partial charge in [-0.2, -0.15) is 0 Å². The van der Waals surface area contributed by atoms with Gasteiger partial charge in [0.2, 0.25) is 0 Å². The Morgan fingerprint density at radius 2 is 0.632 bits per heavy atom. The van der Waals surface area contributed by atoms with Crippen LogP contribution in [0.2, 0.25) is 0 Å². The van der Waals surface area contributed by atoms with E-state index < -0.39 is 34.6 Å². The monoisotopic (exact) mass is 373 g/mol. The molecule has 0 heterocycles. The van der Waals surface area contributed by atoms with Crippen molar-refractivity contribution in [3.63, 3.8) is 0 Å². The van der Waals surface area contributed by atoms with E-state index in [1.54, 1.807) is 3.64 Å². The summed E-state index contributed by atoms with van der Waals surface area (Å²) in [7, 11) is 0. The Balaban J connectivity index is 2.12. The fourth-order valence-corrected chi connectivity index (χ4v) is 10.6. The topological polar surface area (TPSA) is 0 Å². The molecule has 0 N–H and O–H groups in total. The van der Waals surface area contributed by atoms with Gasteiger partial charge in [-0.1, -0.05) is 0 Å². The summed E-state index contributed by atoms with van der Waals surface area (Å²) in [5.74, 6) is 0. The maximum atomic E-state index is 2.29. The summed E-state index contributed by atoms with van der Waals surface area (Å²) in [5.41, 5.74) is 0. The van der Waals surface area contributed by atoms with Crippen LogP contribution in [0.3, 0.4) is 0 Å². The van der Waals surface area contributed by atoms with Crippen LogP contribution in [0.25, 0.3) is 0 Å². The zero-order valence-corrected chi connectivity index (χ0v) is 13.9. The van der Waals surface area contributed by atoms with Crippen molar-refractivity contribution in [1.82, 2.24) is 0 Å². The molecule has 1 heteroatoms. The van der Waals surface area contributed by atoms with Gasteiger partial charge in [-0.15, -0.1) is 0 Å². The second-order valence-electron chi connectivity index (χ2n) is 4.47. The van der Waals surface area contributed by atoms with Crippen molar-refractivity contribution < 1.29 is 34.6 Å². The third kappa shape index (κ3) is 3.13. The normalized spacial score (nSPS) is 10.1. The quantitative estimate of drug-likeness (QED) is 0.660. The molecule has 0 saturated heterocycles. The van der Waals surface area contributed by atoms with E-state index in [9.17, 15) is 0 Å². The van der Waals surface area contributed by atoms with E-state index in [4.69, 9.17) is 0 Å². The SMILES string of the molecule is c1cc[c]([Nd]([c]2ccccc2)[c]2ccccc2)cc1. The van der Waals surface area contributed by atoms with Gasteiger partial charge in [-0.3, -0.25) is 0 Å². The summed E-state index contributed by atoms with van der Waals surface area (Å²) in [5, 5.41) is 0. The molecule has 0 saturated carbocycles. The summed E-state index contributed by atoms with van der Waals surface area (Å²) in [4.78, 5) is 0. The maximum absolute atomic E-state index is 2.29. The van der Waals surface area contributed by atoms with E-state index in [-0.39, 0.29) is 0 Å². The molecule has 0 atom stereocenters. The Labute approximate surface area is 128 Å². The Morgan fingerprint density at radius 1 is 0.368 bits per heavy atom. The molecule has 0 aliphatic rings. The fourth-order valence-electron chi connectivity index (χ4n) is 2.31. The van der Waals surface area contributed by atoms with Gasteiger partial charge >= 0.3 is 129 Å². The Morgan fingerprint density at radius 3 is 0.895 bits per heavy atom. The predicted molar refractivity (Wildman–Crippen MR) is 78.2 cm³/mol. The van der Waals surface area contributed by atoms with Gasteiger partial charge in [0, 0.05) is 0 Å². The minimum absolute atomic E-state index is 1.55. The van der Waals surface area contributed by atoms with Gasteiger partial charge in [0.1, 0.15) is 0 Å². The van der Waals surface area contributed by atoms with Crippen LogP contribution >= 0.6 is 0 Å². The first-order valence-corrected chi connectivity index (χ1v) is 11.3. The molecule has 0 bridgehead atoms. The van der Waals surface area contributed by atoms with Crippen LogP contribution in [0.15, 0.2) is 91.0 Å². The third-order valence-corrected chi connectivity index (χ3v) is 12.0. The van der Waals surface area contributed by atoms with Gasteiger partial charge < -0.3 is 0 Å². The van der Waals surface area contributed by atoms with E-state index in [1.807, 2.05) is 0 Å². The van der Waals surface area contributed by atoms with Crippen LogP contribution in [0.1, 0.15) is 0 Å². The molecule has 0 spiro atoms. The fraction of sp³-hybridized carbons (Fsp3) is 0. The van der Waals surface area contributed by atoms with E-state index in [0.717, 1.165) is 0 Å². The van der Waals surface area contributed by atoms with Gasteiger partial charge in [-0.25, -0.2) is 0 Å². The average molecular weight is 376 g/mol. The van der Waals surface area contributed by atoms with Crippen LogP contribution in [0, 0.1) is 34.6 Å². The molecule has 19 heavy (non-hydrogen) atoms. The Hall–Kier alpha value is -0.989. The molecule has 0 fully saturated rings. The molecule has 91 valence electrons. The van der Waals surface area contributed by atoms with Gasteiger partial charge in [0.15, 0.2) is 0 Å². The Kier molecular flexibility index (Phi) is 4.42. The molecule has 0 nitrogen and oxygen atoms in total. The first-order valence-electron chi connectivity index (χ1n) is 6.48. The first kappa shape index (κ1) is 13.0. The van der Waals surface area contributed by atoms with E-state index in [2.05, 4.69) is 91.0 Å². The average Bonchev–Trinajstić information content (AvgIpc) is 2.51. The number of hydrogen-bond donors (Lipinski definition) is 0. The van der Waals surface area contributed by atoms with Crippen LogP contribution in [0.4, 0.5) is 0 Å². The number of hydrogen-bond acceptors (Lipinski definition) is 0. The Bertz CT molecular complexity index is 524. The second-order valence-corrected chi connectivity index (χ2v) is 12.4. The van der Waals surface area contributed by atoms with E-state index >= 15 is 0 Å². The second kappa shape index (κ2) is 6.45. The summed E-state index contributed by atoms with van der Waals surface area (Å²) in [6, 6.07) is 33.0. The van der Waals surface area contributed by atoms with E-state index in [0.29, 0.717) is 0 Å². The number of rotatable bonds is 3. The standard InChI is InChI=1S/3C6H5.Nd/c3*1-2-4-6-5-3-1;/h3*1-5H;. The molecular formula is C18H15Nd. The molecule has 3 aromatic carbocycles. The molecule has 0 unspecified atom stereocenters. The van der Waals surface area contributed by atoms with Crippen molar-refractivity contribution in [3.8, 4) is 0 Å². The molecular weight excluding hydrogens is 360 g/mol. The van der Waals surface area contributed by atoms with Crippen molar-refractivity contribution in [3.05, 3.63) is 91.0 Å². The van der Waals surface area contributed by atoms with Crippen molar-refractivity contribution in [2.24, 2.45) is 0 Å². The van der Waals surface area contributed by atoms with Crippen molar-refractivity contribution in [2.45, 2.75) is 0 Å². The molecule has 0 aliphatic heterocycles. The molecule has 0 radical (unpaired) electrons. The first-order chi connectivity index (χ1) is 9.45. The molecule has 3 rings (SSSR count). The molecule has 3 aromatic rings. The van der Waals surface area contributed by atoms with E-state index in [1.165, 1.54) is 0 Å². The van der Waals surface area contributed by atoms with Crippen molar-refractivity contribution in [2.75, 3.05) is 0 Å². The predicted octanol–water partition coefficient (Wildman–Crippen LogP) is 2.58. The van der Waals surface area contributed by atoms with Gasteiger partial charge in [-0.05, 0) is 0 Å². The molecule has 0 aliphatic carbocycles. The van der Waals surface area contributed by atoms with Gasteiger partial charge in [0.25, 0.3) is 0 Å². The summed E-state index contributed by atoms with van der Waals surface area (Å²) < 4.78 is 4.64. The molecule has 0 aromatic heterocycles. The number of benzene rings is 3. The summed E-state index contributed by atoms with van der Waals surface area (Å²) in [6.45, 7) is 0. The van der Waals surface area contributed by atoms with Crippen molar-refractivity contribution >= 4 is 3.64 Å². The third-order valence-electron chi connectivity index (χ3n) is 3.19.